The van der Waals surface area contributed by atoms with Gasteiger partial charge in [0, 0.05) is 4.47 Å². The first-order valence-corrected chi connectivity index (χ1v) is 6.89. The molecule has 0 saturated carbocycles. The van der Waals surface area contributed by atoms with Gasteiger partial charge >= 0.3 is 5.97 Å². The molecule has 0 heterocycles. The Kier molecular flexibility index (Phi) is 6.13. The van der Waals surface area contributed by atoms with Gasteiger partial charge in [-0.25, -0.2) is 0 Å². The molecule has 0 bridgehead atoms. The van der Waals surface area contributed by atoms with Crippen LogP contribution in [0.2, 0.25) is 0 Å². The standard InChI is InChI=1S/C15H19BrO2/c1-4-5-6-11(2)14(15(17)18-3)12-7-9-13(16)10-8-12/h5-11,14H,4H2,1-3H3/b6-5+/t11-,14+/m0/s1. The lowest BCUT2D eigenvalue weighted by molar-refractivity contribution is -0.143. The van der Waals surface area contributed by atoms with Gasteiger partial charge in [0.25, 0.3) is 0 Å². The van der Waals surface area contributed by atoms with E-state index in [0.717, 1.165) is 16.5 Å². The average molecular weight is 311 g/mol. The number of esters is 1. The molecule has 2 atom stereocenters. The SMILES string of the molecule is CC/C=C/[C@H](C)[C@@H](C(=O)OC)c1ccc(Br)cc1. The Morgan fingerprint density at radius 2 is 2.00 bits per heavy atom. The minimum atomic E-state index is -0.245. The predicted molar refractivity (Wildman–Crippen MR) is 77.5 cm³/mol. The van der Waals surface area contributed by atoms with Crippen molar-refractivity contribution in [1.29, 1.82) is 0 Å². The second-order valence-corrected chi connectivity index (χ2v) is 5.16. The quantitative estimate of drug-likeness (QED) is 0.598. The summed E-state index contributed by atoms with van der Waals surface area (Å²) in [7, 11) is 1.43. The minimum absolute atomic E-state index is 0.124. The van der Waals surface area contributed by atoms with E-state index in [1.54, 1.807) is 0 Å². The Hall–Kier alpha value is -1.09. The van der Waals surface area contributed by atoms with Crippen molar-refractivity contribution in [2.24, 2.45) is 5.92 Å². The molecule has 1 aromatic rings. The summed E-state index contributed by atoms with van der Waals surface area (Å²) in [6, 6.07) is 7.81. The summed E-state index contributed by atoms with van der Waals surface area (Å²) < 4.78 is 5.92. The Bertz CT molecular complexity index is 409. The molecule has 0 fully saturated rings. The van der Waals surface area contributed by atoms with Crippen LogP contribution in [0.1, 0.15) is 31.7 Å². The van der Waals surface area contributed by atoms with Crippen LogP contribution in [0.3, 0.4) is 0 Å². The van der Waals surface area contributed by atoms with E-state index in [0.29, 0.717) is 0 Å². The van der Waals surface area contributed by atoms with Gasteiger partial charge in [0.2, 0.25) is 0 Å². The van der Waals surface area contributed by atoms with Crippen LogP contribution >= 0.6 is 15.9 Å². The van der Waals surface area contributed by atoms with Crippen LogP contribution < -0.4 is 0 Å². The van der Waals surface area contributed by atoms with Crippen LogP contribution in [0.4, 0.5) is 0 Å². The van der Waals surface area contributed by atoms with Gasteiger partial charge in [0.05, 0.1) is 13.0 Å². The van der Waals surface area contributed by atoms with Crippen molar-refractivity contribution in [3.8, 4) is 0 Å². The van der Waals surface area contributed by atoms with Crippen molar-refractivity contribution in [3.63, 3.8) is 0 Å². The molecular weight excluding hydrogens is 292 g/mol. The van der Waals surface area contributed by atoms with Crippen LogP contribution in [0.25, 0.3) is 0 Å². The Morgan fingerprint density at radius 1 is 1.39 bits per heavy atom. The molecule has 0 aliphatic carbocycles. The number of carbonyl (C=O) groups excluding carboxylic acids is 1. The van der Waals surface area contributed by atoms with Gasteiger partial charge in [-0.15, -0.1) is 0 Å². The summed E-state index contributed by atoms with van der Waals surface area (Å²) in [5, 5.41) is 0. The van der Waals surface area contributed by atoms with E-state index >= 15 is 0 Å². The fourth-order valence-corrected chi connectivity index (χ4v) is 2.18. The smallest absolute Gasteiger partial charge is 0.313 e. The Balaban J connectivity index is 3.01. The topological polar surface area (TPSA) is 26.3 Å². The number of methoxy groups -OCH3 is 1. The number of carbonyl (C=O) groups is 1. The number of hydrogen-bond acceptors (Lipinski definition) is 2. The minimum Gasteiger partial charge on any atom is -0.469 e. The first-order valence-electron chi connectivity index (χ1n) is 6.10. The van der Waals surface area contributed by atoms with Gasteiger partial charge in [-0.1, -0.05) is 54.1 Å². The van der Waals surface area contributed by atoms with Gasteiger partial charge in [-0.05, 0) is 30.0 Å². The van der Waals surface area contributed by atoms with Gasteiger partial charge in [0.15, 0.2) is 0 Å². The molecule has 2 nitrogen and oxygen atoms in total. The van der Waals surface area contributed by atoms with Crippen LogP contribution in [0.5, 0.6) is 0 Å². The summed E-state index contributed by atoms with van der Waals surface area (Å²) in [6.07, 6.45) is 5.13. The molecule has 98 valence electrons. The van der Waals surface area contributed by atoms with Crippen LogP contribution in [-0.2, 0) is 9.53 Å². The highest BCUT2D eigenvalue weighted by Gasteiger charge is 2.26. The van der Waals surface area contributed by atoms with Gasteiger partial charge in [-0.2, -0.15) is 0 Å². The lowest BCUT2D eigenvalue weighted by Gasteiger charge is -2.19. The normalized spacial score (nSPS) is 14.4. The number of hydrogen-bond donors (Lipinski definition) is 0. The van der Waals surface area contributed by atoms with E-state index in [-0.39, 0.29) is 17.8 Å². The molecule has 0 amide bonds. The molecule has 0 spiro atoms. The fraction of sp³-hybridized carbons (Fsp3) is 0.400. The van der Waals surface area contributed by atoms with Crippen LogP contribution in [0, 0.1) is 5.92 Å². The number of allylic oxidation sites excluding steroid dienone is 2. The van der Waals surface area contributed by atoms with Gasteiger partial charge < -0.3 is 4.74 Å². The molecule has 1 aromatic carbocycles. The molecule has 0 saturated heterocycles. The number of rotatable bonds is 5. The summed E-state index contributed by atoms with van der Waals surface area (Å²) in [4.78, 5) is 11.9. The number of ether oxygens (including phenoxy) is 1. The molecule has 0 aliphatic heterocycles. The van der Waals surface area contributed by atoms with Crippen molar-refractivity contribution in [3.05, 3.63) is 46.5 Å². The Morgan fingerprint density at radius 3 is 2.50 bits per heavy atom. The van der Waals surface area contributed by atoms with E-state index in [4.69, 9.17) is 4.74 Å². The second-order valence-electron chi connectivity index (χ2n) is 4.25. The van der Waals surface area contributed by atoms with Crippen molar-refractivity contribution in [1.82, 2.24) is 0 Å². The summed E-state index contributed by atoms with van der Waals surface area (Å²) in [5.74, 6) is -0.310. The highest BCUT2D eigenvalue weighted by atomic mass is 79.9. The monoisotopic (exact) mass is 310 g/mol. The van der Waals surface area contributed by atoms with Crippen LogP contribution in [-0.4, -0.2) is 13.1 Å². The van der Waals surface area contributed by atoms with Crippen LogP contribution in [0.15, 0.2) is 40.9 Å². The maximum Gasteiger partial charge on any atom is 0.313 e. The molecule has 0 unspecified atom stereocenters. The molecule has 3 heteroatoms. The van der Waals surface area contributed by atoms with Crippen molar-refractivity contribution in [2.45, 2.75) is 26.2 Å². The van der Waals surface area contributed by atoms with E-state index in [9.17, 15) is 4.79 Å². The number of benzene rings is 1. The summed E-state index contributed by atoms with van der Waals surface area (Å²) >= 11 is 3.40. The second kappa shape index (κ2) is 7.37. The highest BCUT2D eigenvalue weighted by molar-refractivity contribution is 9.10. The Labute approximate surface area is 117 Å². The molecule has 18 heavy (non-hydrogen) atoms. The van der Waals surface area contributed by atoms with Gasteiger partial charge in [0.1, 0.15) is 0 Å². The third kappa shape index (κ3) is 3.98. The molecule has 0 radical (unpaired) electrons. The first-order chi connectivity index (χ1) is 8.60. The maximum absolute atomic E-state index is 11.9. The molecule has 0 aliphatic rings. The average Bonchev–Trinajstić information content (AvgIpc) is 2.38. The van der Waals surface area contributed by atoms with Crippen molar-refractivity contribution >= 4 is 21.9 Å². The van der Waals surface area contributed by atoms with Crippen molar-refractivity contribution < 1.29 is 9.53 Å². The van der Waals surface area contributed by atoms with Crippen molar-refractivity contribution in [2.75, 3.05) is 7.11 Å². The predicted octanol–water partition coefficient (Wildman–Crippen LogP) is 4.31. The van der Waals surface area contributed by atoms with E-state index in [1.807, 2.05) is 31.2 Å². The van der Waals surface area contributed by atoms with E-state index < -0.39 is 0 Å². The zero-order chi connectivity index (χ0) is 13.5. The van der Waals surface area contributed by atoms with E-state index in [1.165, 1.54) is 7.11 Å². The van der Waals surface area contributed by atoms with E-state index in [2.05, 4.69) is 35.0 Å². The highest BCUT2D eigenvalue weighted by Crippen LogP contribution is 2.28. The molecular formula is C15H19BrO2. The summed E-state index contributed by atoms with van der Waals surface area (Å²) in [6.45, 7) is 4.12. The third-order valence-corrected chi connectivity index (χ3v) is 3.41. The molecule has 1 rings (SSSR count). The molecule has 0 aromatic heterocycles. The summed E-state index contributed by atoms with van der Waals surface area (Å²) in [5.41, 5.74) is 0.985. The molecule has 0 N–H and O–H groups in total. The zero-order valence-corrected chi connectivity index (χ0v) is 12.6. The number of halogens is 1. The zero-order valence-electron chi connectivity index (χ0n) is 11.0. The maximum atomic E-state index is 11.9. The third-order valence-electron chi connectivity index (χ3n) is 2.89. The first kappa shape index (κ1) is 15.0. The lowest BCUT2D eigenvalue weighted by Crippen LogP contribution is -2.20. The van der Waals surface area contributed by atoms with Gasteiger partial charge in [-0.3, -0.25) is 4.79 Å². The lowest BCUT2D eigenvalue weighted by atomic mass is 9.87. The fourth-order valence-electron chi connectivity index (χ4n) is 1.91. The largest absolute Gasteiger partial charge is 0.469 e.